The maximum absolute atomic E-state index is 11.9. The van der Waals surface area contributed by atoms with E-state index in [1.807, 2.05) is 10.6 Å². The summed E-state index contributed by atoms with van der Waals surface area (Å²) in [7, 11) is 1.22. The van der Waals surface area contributed by atoms with Crippen LogP contribution in [0.2, 0.25) is 5.02 Å². The summed E-state index contributed by atoms with van der Waals surface area (Å²) in [4.78, 5) is 27.2. The van der Waals surface area contributed by atoms with Crippen LogP contribution in [0.5, 0.6) is 5.88 Å². The van der Waals surface area contributed by atoms with Crippen LogP contribution in [0.25, 0.3) is 10.9 Å². The lowest BCUT2D eigenvalue weighted by atomic mass is 9.82. The number of carbonyl (C=O) groups excluding carboxylic acids is 2. The number of aromatic hydroxyl groups is 1. The number of methoxy groups -OCH3 is 1. The molecule has 0 radical (unpaired) electrons. The molecule has 1 unspecified atom stereocenters. The molecule has 1 amide bonds. The monoisotopic (exact) mass is 446 g/mol. The Morgan fingerprint density at radius 3 is 2.87 bits per heavy atom. The van der Waals surface area contributed by atoms with E-state index in [4.69, 9.17) is 11.6 Å². The summed E-state index contributed by atoms with van der Waals surface area (Å²) in [5.74, 6) is -1.01. The van der Waals surface area contributed by atoms with Gasteiger partial charge in [-0.25, -0.2) is 4.79 Å². The summed E-state index contributed by atoms with van der Waals surface area (Å²) in [5, 5.41) is 20.5. The van der Waals surface area contributed by atoms with Crippen LogP contribution < -0.4 is 0 Å². The first-order chi connectivity index (χ1) is 14.1. The van der Waals surface area contributed by atoms with Gasteiger partial charge in [0.05, 0.1) is 17.5 Å². The molecule has 3 heterocycles. The number of thioether (sulfide) groups is 1. The minimum Gasteiger partial charge on any atom is -0.493 e. The number of halogens is 1. The second kappa shape index (κ2) is 7.24. The van der Waals surface area contributed by atoms with Crippen molar-refractivity contribution in [3.05, 3.63) is 33.7 Å². The first-order valence-electron chi connectivity index (χ1n) is 9.22. The van der Waals surface area contributed by atoms with E-state index in [9.17, 15) is 14.7 Å². The summed E-state index contributed by atoms with van der Waals surface area (Å²) in [6.07, 6.45) is 1.88. The van der Waals surface area contributed by atoms with E-state index in [0.29, 0.717) is 10.4 Å². The van der Waals surface area contributed by atoms with E-state index in [-0.39, 0.29) is 33.1 Å². The predicted octanol–water partition coefficient (Wildman–Crippen LogP) is 5.01. The Morgan fingerprint density at radius 1 is 1.43 bits per heavy atom. The molecular formula is C20H19ClN4O4S. The van der Waals surface area contributed by atoms with E-state index in [1.54, 1.807) is 6.07 Å². The molecule has 10 heteroatoms. The zero-order valence-electron chi connectivity index (χ0n) is 16.8. The van der Waals surface area contributed by atoms with Crippen molar-refractivity contribution >= 4 is 57.0 Å². The smallest absolute Gasteiger partial charge is 0.331 e. The van der Waals surface area contributed by atoms with E-state index < -0.39 is 11.9 Å². The summed E-state index contributed by atoms with van der Waals surface area (Å²) in [5.41, 5.74) is 1.84. The molecule has 8 nitrogen and oxygen atoms in total. The van der Waals surface area contributed by atoms with Gasteiger partial charge in [0.25, 0.3) is 5.91 Å². The zero-order chi connectivity index (χ0) is 21.8. The van der Waals surface area contributed by atoms with Crippen LogP contribution in [0.15, 0.2) is 38.3 Å². The molecule has 2 aliphatic heterocycles. The molecule has 1 aromatic carbocycles. The number of aliphatic imine (C=N–C) groups is 1. The van der Waals surface area contributed by atoms with Gasteiger partial charge >= 0.3 is 5.97 Å². The number of esters is 1. The average Bonchev–Trinajstić information content (AvgIpc) is 3.15. The lowest BCUT2D eigenvalue weighted by Crippen LogP contribution is -2.31. The standard InChI is InChI=1S/C20H19ClN4O4S/c1-9-8-20(2,3)25-16-11(9)5-10(21)6-12(16)15(18(25)28)23-24-19-22-17(27)13(30-19)7-14(26)29-4/h5-7,9,28H,8H2,1-4H3. The minimum atomic E-state index is -0.656. The first kappa shape index (κ1) is 20.6. The van der Waals surface area contributed by atoms with Crippen LogP contribution in [-0.2, 0) is 19.9 Å². The number of carbonyl (C=O) groups is 2. The highest BCUT2D eigenvalue weighted by Gasteiger charge is 2.37. The molecule has 2 aromatic rings. The van der Waals surface area contributed by atoms with E-state index in [2.05, 4.69) is 40.7 Å². The molecule has 4 rings (SSSR count). The molecule has 1 aromatic heterocycles. The van der Waals surface area contributed by atoms with Crippen LogP contribution in [0, 0.1) is 0 Å². The predicted molar refractivity (Wildman–Crippen MR) is 116 cm³/mol. The van der Waals surface area contributed by atoms with Crippen molar-refractivity contribution in [1.82, 2.24) is 4.57 Å². The lowest BCUT2D eigenvalue weighted by Gasteiger charge is -2.36. The van der Waals surface area contributed by atoms with Gasteiger partial charge in [-0.15, -0.1) is 10.2 Å². The topological polar surface area (TPSA) is 106 Å². The third-order valence-corrected chi connectivity index (χ3v) is 6.33. The van der Waals surface area contributed by atoms with Gasteiger partial charge in [-0.2, -0.15) is 4.99 Å². The highest BCUT2D eigenvalue weighted by Crippen LogP contribution is 2.51. The second-order valence-corrected chi connectivity index (χ2v) is 9.30. The summed E-state index contributed by atoms with van der Waals surface area (Å²) >= 11 is 7.25. The van der Waals surface area contributed by atoms with E-state index in [1.165, 1.54) is 7.11 Å². The summed E-state index contributed by atoms with van der Waals surface area (Å²) in [6, 6.07) is 3.66. The molecule has 30 heavy (non-hydrogen) atoms. The third-order valence-electron chi connectivity index (χ3n) is 5.24. The van der Waals surface area contributed by atoms with Crippen LogP contribution in [0.3, 0.4) is 0 Å². The van der Waals surface area contributed by atoms with Gasteiger partial charge in [0.2, 0.25) is 11.0 Å². The maximum Gasteiger partial charge on any atom is 0.331 e. The van der Waals surface area contributed by atoms with Gasteiger partial charge in [-0.3, -0.25) is 4.79 Å². The number of hydrogen-bond donors (Lipinski definition) is 1. The Balaban J connectivity index is 1.79. The average molecular weight is 447 g/mol. The number of ether oxygens (including phenoxy) is 1. The molecule has 0 saturated carbocycles. The van der Waals surface area contributed by atoms with Crippen LogP contribution in [0.1, 0.15) is 38.7 Å². The molecule has 2 aliphatic rings. The minimum absolute atomic E-state index is 0.0191. The summed E-state index contributed by atoms with van der Waals surface area (Å²) < 4.78 is 6.39. The molecule has 0 fully saturated rings. The Labute approximate surface area is 181 Å². The maximum atomic E-state index is 11.9. The Bertz CT molecular complexity index is 1200. The SMILES string of the molecule is COC(=O)C=C1SC(N=Nc2c(O)n3c4c(cc(Cl)cc24)C(C)CC3(C)C)=NC1=O. The quantitative estimate of drug-likeness (QED) is 0.396. The van der Waals surface area contributed by atoms with Crippen LogP contribution in [0.4, 0.5) is 5.69 Å². The van der Waals surface area contributed by atoms with Crippen molar-refractivity contribution < 1.29 is 19.4 Å². The largest absolute Gasteiger partial charge is 0.493 e. The van der Waals surface area contributed by atoms with Gasteiger partial charge in [-0.1, -0.05) is 18.5 Å². The Morgan fingerprint density at radius 2 is 2.17 bits per heavy atom. The molecule has 0 spiro atoms. The molecular weight excluding hydrogens is 428 g/mol. The van der Waals surface area contributed by atoms with Crippen molar-refractivity contribution in [1.29, 1.82) is 0 Å². The number of amides is 1. The molecule has 0 aliphatic carbocycles. The van der Waals surface area contributed by atoms with Gasteiger partial charge in [0, 0.05) is 22.0 Å². The van der Waals surface area contributed by atoms with Gasteiger partial charge in [-0.05, 0) is 55.6 Å². The second-order valence-electron chi connectivity index (χ2n) is 7.85. The fourth-order valence-corrected chi connectivity index (χ4v) is 5.02. The first-order valence-corrected chi connectivity index (χ1v) is 10.4. The van der Waals surface area contributed by atoms with Gasteiger partial charge < -0.3 is 14.4 Å². The number of nitrogens with zero attached hydrogens (tertiary/aromatic N) is 4. The molecule has 0 bridgehead atoms. The Kier molecular flexibility index (Phi) is 4.98. The normalized spacial score (nSPS) is 21.6. The lowest BCUT2D eigenvalue weighted by molar-refractivity contribution is -0.135. The Hall–Kier alpha value is -2.65. The highest BCUT2D eigenvalue weighted by molar-refractivity contribution is 8.18. The van der Waals surface area contributed by atoms with Crippen molar-refractivity contribution in [3.63, 3.8) is 0 Å². The van der Waals surface area contributed by atoms with Gasteiger partial charge in [0.15, 0.2) is 5.69 Å². The number of azo groups is 1. The summed E-state index contributed by atoms with van der Waals surface area (Å²) in [6.45, 7) is 6.24. The highest BCUT2D eigenvalue weighted by atomic mass is 35.5. The number of amidine groups is 1. The molecule has 0 saturated heterocycles. The van der Waals surface area contributed by atoms with E-state index >= 15 is 0 Å². The van der Waals surface area contributed by atoms with E-state index in [0.717, 1.165) is 35.3 Å². The van der Waals surface area contributed by atoms with Crippen molar-refractivity contribution in [2.45, 2.75) is 38.6 Å². The number of rotatable bonds is 2. The number of aromatic nitrogens is 1. The molecule has 1 atom stereocenters. The van der Waals surface area contributed by atoms with Crippen LogP contribution in [-0.4, -0.2) is 33.8 Å². The fraction of sp³-hybridized carbons (Fsp3) is 0.350. The van der Waals surface area contributed by atoms with Crippen molar-refractivity contribution in [2.24, 2.45) is 15.2 Å². The zero-order valence-corrected chi connectivity index (χ0v) is 18.3. The number of hydrogen-bond acceptors (Lipinski definition) is 7. The molecule has 1 N–H and O–H groups in total. The number of benzene rings is 1. The van der Waals surface area contributed by atoms with Crippen LogP contribution >= 0.6 is 23.4 Å². The fourth-order valence-electron chi connectivity index (χ4n) is 4.10. The van der Waals surface area contributed by atoms with Crippen molar-refractivity contribution in [2.75, 3.05) is 7.11 Å². The van der Waals surface area contributed by atoms with Crippen molar-refractivity contribution in [3.8, 4) is 5.88 Å². The molecule has 156 valence electrons. The third kappa shape index (κ3) is 3.31. The van der Waals surface area contributed by atoms with Gasteiger partial charge in [0.1, 0.15) is 0 Å².